The number of hydrogen-bond acceptors (Lipinski definition) is 5. The number of thiophene rings is 1. The van der Waals surface area contributed by atoms with Crippen LogP contribution in [0, 0.1) is 30.2 Å². The molecule has 3 heterocycles. The van der Waals surface area contributed by atoms with Crippen LogP contribution < -0.4 is 0 Å². The van der Waals surface area contributed by atoms with Crippen molar-refractivity contribution in [3.05, 3.63) is 76.5 Å². The van der Waals surface area contributed by atoms with Gasteiger partial charge in [-0.2, -0.15) is 0 Å². The topological polar surface area (TPSA) is 63.3 Å². The predicted octanol–water partition coefficient (Wildman–Crippen LogP) is 12.7. The van der Waals surface area contributed by atoms with E-state index in [1.807, 2.05) is 45.1 Å². The predicted molar refractivity (Wildman–Crippen MR) is 202 cm³/mol. The molecule has 0 saturated carbocycles. The number of aryl methyl sites for hydroxylation is 1. The van der Waals surface area contributed by atoms with Gasteiger partial charge >= 0.3 is 0 Å². The summed E-state index contributed by atoms with van der Waals surface area (Å²) in [6.45, 7) is 23.9. The molecule has 0 bridgehead atoms. The number of nitrogens with zero attached hydrogens (tertiary/aromatic N) is 1. The van der Waals surface area contributed by atoms with Gasteiger partial charge < -0.3 is 14.5 Å². The Kier molecular flexibility index (Phi) is 13.4. The molecule has 5 aromatic rings. The molecule has 0 unspecified atom stereocenters. The molecule has 1 radical (unpaired) electrons. The average molecular weight is 845 g/mol. The summed E-state index contributed by atoms with van der Waals surface area (Å²) in [5, 5.41) is 13.2. The number of pyridine rings is 1. The van der Waals surface area contributed by atoms with E-state index in [0.29, 0.717) is 0 Å². The summed E-state index contributed by atoms with van der Waals surface area (Å²) in [5.41, 5.74) is 6.60. The fraction of sp³-hybridized carbons (Fsp3) is 0.476. The first-order valence-electron chi connectivity index (χ1n) is 17.3. The van der Waals surface area contributed by atoms with E-state index in [0.717, 1.165) is 65.3 Å². The van der Waals surface area contributed by atoms with Crippen molar-refractivity contribution in [3.8, 4) is 11.3 Å². The molecule has 3 aromatic heterocycles. The second-order valence-electron chi connectivity index (χ2n) is 15.1. The number of aromatic nitrogens is 1. The SMILES string of the molecule is CCC(CC)C(=O)/C=C(\O)C(CC)CC.Cc1cc2c(ccc3c4cc[c-]c(-c5cc(CC(C)(C)C)c(C(C)(C)C)cn5)c4oc23)s1.[Ir]. The number of carbonyl (C=O) groups excluding carboxylic acids is 1. The fourth-order valence-electron chi connectivity index (χ4n) is 6.44. The maximum Gasteiger partial charge on any atom is 0.162 e. The van der Waals surface area contributed by atoms with E-state index >= 15 is 0 Å². The minimum atomic E-state index is 0. The average Bonchev–Trinajstić information content (AvgIpc) is 3.57. The van der Waals surface area contributed by atoms with E-state index < -0.39 is 0 Å². The fourth-order valence-corrected chi connectivity index (χ4v) is 7.36. The molecule has 6 heteroatoms. The van der Waals surface area contributed by atoms with Gasteiger partial charge in [-0.3, -0.25) is 4.79 Å². The molecule has 0 aliphatic rings. The van der Waals surface area contributed by atoms with Crippen molar-refractivity contribution in [1.82, 2.24) is 4.98 Å². The van der Waals surface area contributed by atoms with Crippen LogP contribution in [-0.2, 0) is 36.7 Å². The summed E-state index contributed by atoms with van der Waals surface area (Å²) in [7, 11) is 0. The molecule has 261 valence electrons. The molecule has 0 fully saturated rings. The van der Waals surface area contributed by atoms with Gasteiger partial charge in [0.1, 0.15) is 5.58 Å². The van der Waals surface area contributed by atoms with Crippen LogP contribution in [0.15, 0.2) is 58.8 Å². The van der Waals surface area contributed by atoms with Crippen LogP contribution in [-0.4, -0.2) is 15.9 Å². The van der Waals surface area contributed by atoms with Gasteiger partial charge in [0, 0.05) is 64.6 Å². The van der Waals surface area contributed by atoms with E-state index in [1.54, 1.807) is 0 Å². The molecule has 1 N–H and O–H groups in total. The van der Waals surface area contributed by atoms with Gasteiger partial charge in [0.2, 0.25) is 0 Å². The zero-order valence-electron chi connectivity index (χ0n) is 30.8. The molecule has 5 rings (SSSR count). The first kappa shape index (κ1) is 39.6. The van der Waals surface area contributed by atoms with Gasteiger partial charge in [0.05, 0.1) is 11.3 Å². The van der Waals surface area contributed by atoms with Crippen molar-refractivity contribution >= 4 is 49.1 Å². The molecule has 2 aromatic carbocycles. The summed E-state index contributed by atoms with van der Waals surface area (Å²) in [4.78, 5) is 17.9. The number of rotatable bonds is 9. The van der Waals surface area contributed by atoms with E-state index in [4.69, 9.17) is 9.40 Å². The van der Waals surface area contributed by atoms with Crippen molar-refractivity contribution in [2.45, 2.75) is 114 Å². The molecule has 0 atom stereocenters. The molecule has 0 aliphatic heterocycles. The van der Waals surface area contributed by atoms with E-state index in [9.17, 15) is 9.90 Å². The normalized spacial score (nSPS) is 12.6. The van der Waals surface area contributed by atoms with Crippen molar-refractivity contribution in [2.75, 3.05) is 0 Å². The van der Waals surface area contributed by atoms with Gasteiger partial charge in [-0.25, -0.2) is 0 Å². The second-order valence-corrected chi connectivity index (χ2v) is 16.4. The number of fused-ring (bicyclic) bond motifs is 5. The Hall–Kier alpha value is -2.79. The first-order chi connectivity index (χ1) is 22.1. The van der Waals surface area contributed by atoms with Gasteiger partial charge in [-0.1, -0.05) is 92.3 Å². The van der Waals surface area contributed by atoms with Crippen molar-refractivity contribution in [3.63, 3.8) is 0 Å². The third-order valence-corrected chi connectivity index (χ3v) is 10.1. The Morgan fingerprint density at radius 3 is 2.12 bits per heavy atom. The van der Waals surface area contributed by atoms with Gasteiger partial charge in [-0.05, 0) is 78.8 Å². The third kappa shape index (κ3) is 9.05. The molecule has 48 heavy (non-hydrogen) atoms. The van der Waals surface area contributed by atoms with Gasteiger partial charge in [0.25, 0.3) is 0 Å². The number of benzene rings is 2. The van der Waals surface area contributed by atoms with Gasteiger partial charge in [0.15, 0.2) is 5.78 Å². The molecular formula is C42H54IrNO3S-. The maximum atomic E-state index is 11.7. The van der Waals surface area contributed by atoms with Crippen LogP contribution in [0.25, 0.3) is 43.3 Å². The number of allylic oxidation sites excluding steroid dienone is 2. The molecule has 0 saturated heterocycles. The summed E-state index contributed by atoms with van der Waals surface area (Å²) in [5.74, 6) is 0.547. The summed E-state index contributed by atoms with van der Waals surface area (Å²) >= 11 is 1.81. The van der Waals surface area contributed by atoms with E-state index in [1.165, 1.54) is 32.2 Å². The van der Waals surface area contributed by atoms with Crippen LogP contribution in [0.3, 0.4) is 0 Å². The third-order valence-electron chi connectivity index (χ3n) is 9.07. The minimum Gasteiger partial charge on any atom is -0.512 e. The number of carbonyl (C=O) groups is 1. The Bertz CT molecular complexity index is 1870. The van der Waals surface area contributed by atoms with Crippen molar-refractivity contribution in [1.29, 1.82) is 0 Å². The van der Waals surface area contributed by atoms with E-state index in [-0.39, 0.29) is 54.3 Å². The number of furan rings is 1. The standard InChI is InChI=1S/C29H30NOS.C13H24O2.Ir/c1-17-13-22-25(32-17)12-11-20-19-9-8-10-21(26(19)31-27(20)22)24-14-18(15-28(2,3)4)23(16-30-24)29(5,6)7;1-5-10(6-2)12(14)9-13(15)11(7-3)8-4;/h8-9,11-14,16H,15H2,1-7H3;9-11,14H,5-8H2,1-4H3;/q-1;;/b;12-9-;. The van der Waals surface area contributed by atoms with Crippen molar-refractivity contribution in [2.24, 2.45) is 17.3 Å². The van der Waals surface area contributed by atoms with Crippen molar-refractivity contribution < 1.29 is 34.4 Å². The second kappa shape index (κ2) is 16.3. The molecule has 0 amide bonds. The minimum absolute atomic E-state index is 0. The Morgan fingerprint density at radius 2 is 1.54 bits per heavy atom. The Labute approximate surface area is 305 Å². The number of aliphatic hydroxyl groups is 1. The molecule has 0 spiro atoms. The first-order valence-corrected chi connectivity index (χ1v) is 18.1. The maximum absolute atomic E-state index is 11.7. The molecular weight excluding hydrogens is 791 g/mol. The summed E-state index contributed by atoms with van der Waals surface area (Å²) < 4.78 is 7.80. The quantitative estimate of drug-likeness (QED) is 0.0912. The van der Waals surface area contributed by atoms with E-state index in [2.05, 4.69) is 91.1 Å². The Balaban J connectivity index is 0.000000334. The molecule has 0 aliphatic carbocycles. The van der Waals surface area contributed by atoms with Crippen LogP contribution in [0.5, 0.6) is 0 Å². The van der Waals surface area contributed by atoms with Crippen LogP contribution in [0.2, 0.25) is 0 Å². The number of hydrogen-bond donors (Lipinski definition) is 1. The summed E-state index contributed by atoms with van der Waals surface area (Å²) in [6.07, 6.45) is 7.97. The van der Waals surface area contributed by atoms with Crippen LogP contribution >= 0.6 is 11.3 Å². The van der Waals surface area contributed by atoms with Crippen LogP contribution in [0.1, 0.15) is 111 Å². The molecule has 4 nitrogen and oxygen atoms in total. The monoisotopic (exact) mass is 845 g/mol. The van der Waals surface area contributed by atoms with Crippen LogP contribution in [0.4, 0.5) is 0 Å². The smallest absolute Gasteiger partial charge is 0.162 e. The largest absolute Gasteiger partial charge is 0.512 e. The Morgan fingerprint density at radius 1 is 0.917 bits per heavy atom. The zero-order chi connectivity index (χ0) is 34.7. The summed E-state index contributed by atoms with van der Waals surface area (Å²) in [6, 6.07) is 16.4. The zero-order valence-corrected chi connectivity index (χ0v) is 34.0. The number of aliphatic hydroxyl groups excluding tert-OH is 1. The van der Waals surface area contributed by atoms with Gasteiger partial charge in [-0.15, -0.1) is 29.5 Å². The number of ketones is 1.